The maximum Gasteiger partial charge on any atom is 0.253 e. The Morgan fingerprint density at radius 3 is 2.12 bits per heavy atom. The Kier molecular flexibility index (Phi) is 3.57. The fraction of sp³-hybridized carbons (Fsp3) is 0. The fourth-order valence-electron chi connectivity index (χ4n) is 0.948. The van der Waals surface area contributed by atoms with E-state index < -0.39 is 20.0 Å². The highest BCUT2D eigenvalue weighted by Gasteiger charge is 2.18. The molecule has 0 aliphatic heterocycles. The number of hydrogen-bond donors (Lipinski definition) is 3. The molecule has 0 aliphatic carbocycles. The van der Waals surface area contributed by atoms with Crippen molar-refractivity contribution >= 4 is 31.6 Å². The summed E-state index contributed by atoms with van der Waals surface area (Å²) in [6, 6.07) is 2.96. The minimum Gasteiger partial charge on any atom is -0.257 e. The number of benzene rings is 1. The van der Waals surface area contributed by atoms with Crippen molar-refractivity contribution in [3.8, 4) is 0 Å². The molecule has 1 aromatic carbocycles. The summed E-state index contributed by atoms with van der Waals surface area (Å²) in [7, 11) is -7.86. The lowest BCUT2D eigenvalue weighted by molar-refractivity contribution is 0.583. The lowest BCUT2D eigenvalue weighted by atomic mass is 10.4. The van der Waals surface area contributed by atoms with Gasteiger partial charge in [0.2, 0.25) is 10.0 Å². The Hall–Kier alpha value is -0.710. The summed E-state index contributed by atoms with van der Waals surface area (Å²) in [5, 5.41) is 4.55. The van der Waals surface area contributed by atoms with Gasteiger partial charge in [0.15, 0.2) is 0 Å². The van der Waals surface area contributed by atoms with Crippen LogP contribution in [-0.4, -0.2) is 16.8 Å². The molecule has 0 atom stereocenters. The first-order chi connectivity index (χ1) is 7.18. The van der Waals surface area contributed by atoms with Gasteiger partial charge < -0.3 is 0 Å². The van der Waals surface area contributed by atoms with Crippen molar-refractivity contribution in [2.75, 3.05) is 0 Å². The van der Waals surface area contributed by atoms with Gasteiger partial charge in [-0.2, -0.15) is 4.83 Å². The molecule has 0 amide bonds. The average molecular weight is 286 g/mol. The number of sulfonamides is 2. The predicted octanol–water partition coefficient (Wildman–Crippen LogP) is -0.861. The van der Waals surface area contributed by atoms with Gasteiger partial charge in [-0.15, -0.1) is 0 Å². The molecule has 5 N–H and O–H groups in total. The quantitative estimate of drug-likeness (QED) is 0.491. The standard InChI is InChI=1S/C6H8ClN3O4S2/c7-5-3-4(16(13,14)10-8)1-2-6(5)15(9,11)12/h1-3,10H,8H2,(H2,9,11,12). The Labute approximate surface area is 97.5 Å². The number of primary sulfonamides is 1. The maximum atomic E-state index is 11.2. The van der Waals surface area contributed by atoms with Crippen LogP contribution in [-0.2, 0) is 20.0 Å². The van der Waals surface area contributed by atoms with Crippen LogP contribution >= 0.6 is 11.6 Å². The zero-order chi connectivity index (χ0) is 12.6. The van der Waals surface area contributed by atoms with Crippen LogP contribution in [0.5, 0.6) is 0 Å². The van der Waals surface area contributed by atoms with Crippen molar-refractivity contribution < 1.29 is 16.8 Å². The predicted molar refractivity (Wildman–Crippen MR) is 57.3 cm³/mol. The summed E-state index contributed by atoms with van der Waals surface area (Å²) in [5.74, 6) is 4.79. The van der Waals surface area contributed by atoms with E-state index in [9.17, 15) is 16.8 Å². The molecule has 1 rings (SSSR count). The minimum absolute atomic E-state index is 0.257. The highest BCUT2D eigenvalue weighted by Crippen LogP contribution is 2.23. The van der Waals surface area contributed by atoms with Crippen LogP contribution in [0.1, 0.15) is 0 Å². The molecule has 0 saturated carbocycles. The summed E-state index contributed by atoms with van der Waals surface area (Å²) in [6.45, 7) is 0. The molecule has 0 bridgehead atoms. The number of rotatable bonds is 3. The molecule has 7 nitrogen and oxygen atoms in total. The second-order valence-corrected chi connectivity index (χ2v) is 6.41. The van der Waals surface area contributed by atoms with Gasteiger partial charge in [0.1, 0.15) is 4.90 Å². The van der Waals surface area contributed by atoms with Crippen LogP contribution < -0.4 is 15.8 Å². The van der Waals surface area contributed by atoms with Crippen LogP contribution in [0, 0.1) is 0 Å². The maximum absolute atomic E-state index is 11.2. The highest BCUT2D eigenvalue weighted by atomic mass is 35.5. The zero-order valence-corrected chi connectivity index (χ0v) is 10.1. The number of halogens is 1. The fourth-order valence-corrected chi connectivity index (χ4v) is 2.76. The van der Waals surface area contributed by atoms with E-state index in [1.54, 1.807) is 4.83 Å². The first kappa shape index (κ1) is 13.4. The monoisotopic (exact) mass is 285 g/mol. The van der Waals surface area contributed by atoms with Gasteiger partial charge in [-0.1, -0.05) is 11.6 Å². The van der Waals surface area contributed by atoms with Gasteiger partial charge in [-0.05, 0) is 18.2 Å². The molecule has 0 heterocycles. The van der Waals surface area contributed by atoms with E-state index >= 15 is 0 Å². The highest BCUT2D eigenvalue weighted by molar-refractivity contribution is 7.89. The van der Waals surface area contributed by atoms with Crippen molar-refractivity contribution in [2.45, 2.75) is 9.79 Å². The largest absolute Gasteiger partial charge is 0.257 e. The number of hydrogen-bond acceptors (Lipinski definition) is 5. The van der Waals surface area contributed by atoms with E-state index in [0.717, 1.165) is 18.2 Å². The molecule has 0 radical (unpaired) electrons. The summed E-state index contributed by atoms with van der Waals surface area (Å²) >= 11 is 5.58. The van der Waals surface area contributed by atoms with Crippen LogP contribution in [0.15, 0.2) is 28.0 Å². The van der Waals surface area contributed by atoms with Crippen molar-refractivity contribution in [2.24, 2.45) is 11.0 Å². The van der Waals surface area contributed by atoms with Crippen molar-refractivity contribution in [1.82, 2.24) is 4.83 Å². The lowest BCUT2D eigenvalue weighted by Gasteiger charge is -2.05. The minimum atomic E-state index is -3.98. The van der Waals surface area contributed by atoms with Gasteiger partial charge in [0.25, 0.3) is 10.0 Å². The van der Waals surface area contributed by atoms with Gasteiger partial charge in [-0.25, -0.2) is 22.0 Å². The summed E-state index contributed by atoms with van der Waals surface area (Å²) < 4.78 is 44.5. The molecule has 1 aromatic rings. The van der Waals surface area contributed by atoms with Crippen molar-refractivity contribution in [1.29, 1.82) is 0 Å². The topological polar surface area (TPSA) is 132 Å². The van der Waals surface area contributed by atoms with Crippen LogP contribution in [0.2, 0.25) is 5.02 Å². The Bertz CT molecular complexity index is 611. The van der Waals surface area contributed by atoms with E-state index in [2.05, 4.69) is 0 Å². The van der Waals surface area contributed by atoms with Crippen LogP contribution in [0.4, 0.5) is 0 Å². The second-order valence-electron chi connectivity index (χ2n) is 2.76. The molecule has 0 fully saturated rings. The summed E-state index contributed by atoms with van der Waals surface area (Å²) in [6.07, 6.45) is 0. The molecule has 0 aliphatic rings. The molecule has 0 spiro atoms. The van der Waals surface area contributed by atoms with E-state index in [0.29, 0.717) is 0 Å². The van der Waals surface area contributed by atoms with Gasteiger partial charge in [-0.3, -0.25) is 5.84 Å². The molecule has 16 heavy (non-hydrogen) atoms. The van der Waals surface area contributed by atoms with Gasteiger partial charge >= 0.3 is 0 Å². The second kappa shape index (κ2) is 4.28. The third-order valence-corrected chi connectivity index (χ3v) is 4.25. The Balaban J connectivity index is 3.42. The Morgan fingerprint density at radius 1 is 1.19 bits per heavy atom. The number of nitrogens with two attached hydrogens (primary N) is 2. The third-order valence-electron chi connectivity index (χ3n) is 1.68. The van der Waals surface area contributed by atoms with Crippen LogP contribution in [0.3, 0.4) is 0 Å². The number of hydrazine groups is 1. The van der Waals surface area contributed by atoms with E-state index in [-0.39, 0.29) is 14.8 Å². The number of nitrogens with one attached hydrogen (secondary N) is 1. The molecular weight excluding hydrogens is 278 g/mol. The SMILES string of the molecule is NNS(=O)(=O)c1ccc(S(N)(=O)=O)c(Cl)c1. The molecule has 0 unspecified atom stereocenters. The normalized spacial score (nSPS) is 12.7. The molecule has 0 aromatic heterocycles. The first-order valence-corrected chi connectivity index (χ1v) is 7.14. The van der Waals surface area contributed by atoms with Crippen LogP contribution in [0.25, 0.3) is 0 Å². The first-order valence-electron chi connectivity index (χ1n) is 3.73. The smallest absolute Gasteiger partial charge is 0.253 e. The van der Waals surface area contributed by atoms with Gasteiger partial charge in [0.05, 0.1) is 9.92 Å². The van der Waals surface area contributed by atoms with Crippen molar-refractivity contribution in [3.05, 3.63) is 23.2 Å². The van der Waals surface area contributed by atoms with Gasteiger partial charge in [0, 0.05) is 0 Å². The van der Waals surface area contributed by atoms with E-state index in [1.807, 2.05) is 0 Å². The molecular formula is C6H8ClN3O4S2. The zero-order valence-electron chi connectivity index (χ0n) is 7.71. The lowest BCUT2D eigenvalue weighted by Crippen LogP contribution is -2.30. The molecule has 0 saturated heterocycles. The van der Waals surface area contributed by atoms with Crippen molar-refractivity contribution in [3.63, 3.8) is 0 Å². The third kappa shape index (κ3) is 2.70. The Morgan fingerprint density at radius 2 is 1.75 bits per heavy atom. The average Bonchev–Trinajstić information content (AvgIpc) is 2.15. The molecule has 10 heteroatoms. The van der Waals surface area contributed by atoms with E-state index in [4.69, 9.17) is 22.6 Å². The van der Waals surface area contributed by atoms with E-state index in [1.165, 1.54) is 0 Å². The molecule has 90 valence electrons. The summed E-state index contributed by atoms with van der Waals surface area (Å²) in [4.78, 5) is 0.963. The summed E-state index contributed by atoms with van der Waals surface area (Å²) in [5.41, 5.74) is 0.